The molecule has 3 aliphatic heterocycles. The van der Waals surface area contributed by atoms with E-state index in [4.69, 9.17) is 20.2 Å². The number of nitrogens with zero attached hydrogens (tertiary/aromatic N) is 1. The number of aromatic hydroxyl groups is 1. The van der Waals surface area contributed by atoms with Crippen molar-refractivity contribution in [1.29, 1.82) is 0 Å². The number of carbonyl (C=O) groups is 1. The Labute approximate surface area is 392 Å². The number of hydrogen-bond donors (Lipinski definition) is 9. The van der Waals surface area contributed by atoms with E-state index in [2.05, 4.69) is 39.9 Å². The molecule has 13 nitrogen and oxygen atoms in total. The van der Waals surface area contributed by atoms with E-state index in [1.54, 1.807) is 6.07 Å². The number of aliphatic hydroxyl groups is 4. The van der Waals surface area contributed by atoms with Crippen LogP contribution in [0.5, 0.6) is 11.5 Å². The number of aliphatic hydroxyl groups excluding tert-OH is 3. The third-order valence-corrected chi connectivity index (χ3v) is 19.1. The van der Waals surface area contributed by atoms with Gasteiger partial charge in [-0.2, -0.15) is 0 Å². The number of ether oxygens (including phenoxy) is 2. The Bertz CT molecular complexity index is 2060. The zero-order valence-electron chi connectivity index (χ0n) is 37.9. The highest BCUT2D eigenvalue weighted by molar-refractivity contribution is 8.76. The summed E-state index contributed by atoms with van der Waals surface area (Å²) in [5, 5.41) is 68.5. The van der Waals surface area contributed by atoms with Gasteiger partial charge in [0, 0.05) is 67.3 Å². The summed E-state index contributed by atoms with van der Waals surface area (Å²) in [6.07, 6.45) is 16.1. The number of nitrogens with two attached hydrogens (primary N) is 1. The molecule has 356 valence electrons. The molecule has 15 heteroatoms. The van der Waals surface area contributed by atoms with Crippen molar-refractivity contribution in [2.45, 2.75) is 157 Å². The largest absolute Gasteiger partial charge is 0.504 e. The highest BCUT2D eigenvalue weighted by Crippen LogP contribution is 2.60. The molecule has 1 aromatic rings. The lowest BCUT2D eigenvalue weighted by molar-refractivity contribution is -0.152. The third-order valence-electron chi connectivity index (χ3n) is 16.5. The smallest absolute Gasteiger partial charge is 0.302 e. The summed E-state index contributed by atoms with van der Waals surface area (Å²) in [7, 11) is 3.81. The molecule has 3 fully saturated rings. The third kappa shape index (κ3) is 10.1. The van der Waals surface area contributed by atoms with Crippen LogP contribution in [0.4, 0.5) is 0 Å². The van der Waals surface area contributed by atoms with E-state index in [1.165, 1.54) is 38.7 Å². The van der Waals surface area contributed by atoms with Crippen LogP contribution in [0.2, 0.25) is 0 Å². The van der Waals surface area contributed by atoms with Crippen molar-refractivity contribution in [3.05, 3.63) is 47.6 Å². The van der Waals surface area contributed by atoms with Crippen molar-refractivity contribution in [2.24, 2.45) is 45.2 Å². The van der Waals surface area contributed by atoms with Crippen LogP contribution >= 0.6 is 21.6 Å². The molecule has 0 radical (unpaired) electrons. The van der Waals surface area contributed by atoms with E-state index in [9.17, 15) is 30.3 Å². The average Bonchev–Trinajstić information content (AvgIpc) is 3.64. The molecule has 4 spiro atoms. The number of piperidine rings is 1. The van der Waals surface area contributed by atoms with Crippen molar-refractivity contribution in [1.82, 2.24) is 16.0 Å². The predicted molar refractivity (Wildman–Crippen MR) is 255 cm³/mol. The number of guanidine groups is 1. The van der Waals surface area contributed by atoms with Crippen molar-refractivity contribution in [3.8, 4) is 23.3 Å². The molecule has 13 atom stereocenters. The van der Waals surface area contributed by atoms with Gasteiger partial charge in [0.15, 0.2) is 23.7 Å². The number of phenolic OH excluding ortho intramolecular Hbond substituents is 1. The number of rotatable bonds is 2. The number of nitrogens with one attached hydrogen (secondary N) is 3. The van der Waals surface area contributed by atoms with Gasteiger partial charge in [-0.1, -0.05) is 70.6 Å². The molecule has 3 heterocycles. The number of fused-ring (bicyclic) bond motifs is 6. The Morgan fingerprint density at radius 3 is 2.72 bits per heavy atom. The lowest BCUT2D eigenvalue weighted by Gasteiger charge is -2.53. The Morgan fingerprint density at radius 2 is 1.88 bits per heavy atom. The van der Waals surface area contributed by atoms with E-state index in [0.29, 0.717) is 55.6 Å². The van der Waals surface area contributed by atoms with Gasteiger partial charge < -0.3 is 56.7 Å². The molecule has 1 aromatic carbocycles. The van der Waals surface area contributed by atoms with Crippen molar-refractivity contribution in [2.75, 3.05) is 31.1 Å². The summed E-state index contributed by atoms with van der Waals surface area (Å²) in [6.45, 7) is 3.63. The number of hydrogen-bond acceptors (Lipinski definition) is 15. The normalized spacial score (nSPS) is 41.0. The van der Waals surface area contributed by atoms with Gasteiger partial charge in [-0.15, -0.1) is 0 Å². The van der Waals surface area contributed by atoms with Crippen LogP contribution in [0.25, 0.3) is 0 Å². The van der Waals surface area contributed by atoms with E-state index in [1.807, 2.05) is 33.7 Å². The molecule has 2 saturated carbocycles. The first-order valence-corrected chi connectivity index (χ1v) is 26.9. The molecule has 65 heavy (non-hydrogen) atoms. The molecule has 8 bridgehead atoms. The van der Waals surface area contributed by atoms with Crippen LogP contribution in [0.3, 0.4) is 0 Å². The summed E-state index contributed by atoms with van der Waals surface area (Å²) < 4.78 is 12.8. The summed E-state index contributed by atoms with van der Waals surface area (Å²) in [4.78, 5) is 18.2. The fourth-order valence-electron chi connectivity index (χ4n) is 13.6. The molecule has 0 unspecified atom stereocenters. The second-order valence-electron chi connectivity index (χ2n) is 21.0. The molecule has 0 aromatic heterocycles. The van der Waals surface area contributed by atoms with E-state index in [-0.39, 0.29) is 58.9 Å². The molecule has 1 saturated heterocycles. The van der Waals surface area contributed by atoms with Crippen LogP contribution in [0, 0.1) is 46.3 Å². The van der Waals surface area contributed by atoms with Crippen molar-refractivity contribution in [3.63, 3.8) is 0 Å². The predicted octanol–water partition coefficient (Wildman–Crippen LogP) is 5.14. The van der Waals surface area contributed by atoms with Gasteiger partial charge in [0.05, 0.1) is 29.2 Å². The van der Waals surface area contributed by atoms with Crippen molar-refractivity contribution < 1.29 is 39.8 Å². The maximum Gasteiger partial charge on any atom is 0.302 e. The first-order valence-electron chi connectivity index (χ1n) is 24.4. The highest BCUT2D eigenvalue weighted by Gasteiger charge is 2.55. The van der Waals surface area contributed by atoms with Crippen LogP contribution in [0.15, 0.2) is 41.4 Å². The molecule has 5 aliphatic carbocycles. The summed E-state index contributed by atoms with van der Waals surface area (Å²) in [5.74, 6) is 9.23. The monoisotopic (exact) mass is 933 g/mol. The maximum atomic E-state index is 12.9. The van der Waals surface area contributed by atoms with E-state index >= 15 is 0 Å². The van der Waals surface area contributed by atoms with E-state index in [0.717, 1.165) is 56.7 Å². The Morgan fingerprint density at radius 1 is 1.02 bits per heavy atom. The highest BCUT2D eigenvalue weighted by atomic mass is 33.1. The second kappa shape index (κ2) is 19.6. The summed E-state index contributed by atoms with van der Waals surface area (Å²) in [6, 6.07) is 2.44. The van der Waals surface area contributed by atoms with Gasteiger partial charge in [0.25, 0.3) is 0 Å². The van der Waals surface area contributed by atoms with Gasteiger partial charge in [0.2, 0.25) is 0 Å². The topological polar surface area (TPSA) is 211 Å². The number of aliphatic imine (C=N–C) groups is 1. The SMILES string of the molecule is CC(=O)O[C@H]1C[C@@H](O)CC[C@@]23C#C[C@H]4CCC[C@]5(CNCCSSC[C@@]6(C[C@@H]7C=C[C@H]8CCC[C@]8(C7)C6)NC(N)=N[C@@H]2C=CC[C@H]3O)C[C@H](CCN5)Oc2cc(c(C(O)O)cc2O)C[C@H]14. The second-order valence-corrected chi connectivity index (χ2v) is 23.6. The summed E-state index contributed by atoms with van der Waals surface area (Å²) in [5.41, 5.74) is 6.31. The zero-order valence-corrected chi connectivity index (χ0v) is 39.5. The number of benzene rings is 1. The van der Waals surface area contributed by atoms with Gasteiger partial charge >= 0.3 is 5.97 Å². The first-order chi connectivity index (χ1) is 31.3. The quantitative estimate of drug-likeness (QED) is 0.0619. The van der Waals surface area contributed by atoms with Crippen molar-refractivity contribution >= 4 is 33.5 Å². The lowest BCUT2D eigenvalue weighted by atomic mass is 9.56. The minimum atomic E-state index is -1.90. The van der Waals surface area contributed by atoms with Gasteiger partial charge in [-0.3, -0.25) is 4.79 Å². The summed E-state index contributed by atoms with van der Waals surface area (Å²) >= 11 is 0. The Balaban J connectivity index is 1.17. The Kier molecular flexibility index (Phi) is 14.2. The molecule has 0 amide bonds. The number of phenols is 1. The minimum Gasteiger partial charge on any atom is -0.504 e. The molecule has 10 N–H and O–H groups in total. The maximum absolute atomic E-state index is 12.9. The average molecular weight is 934 g/mol. The fourth-order valence-corrected chi connectivity index (χ4v) is 16.0. The van der Waals surface area contributed by atoms with E-state index < -0.39 is 53.9 Å². The van der Waals surface area contributed by atoms with Gasteiger partial charge in [-0.05, 0) is 119 Å². The fraction of sp³-hybridized carbons (Fsp3) is 0.720. The van der Waals surface area contributed by atoms with Crippen LogP contribution in [0.1, 0.15) is 121 Å². The van der Waals surface area contributed by atoms with Crippen LogP contribution in [-0.2, 0) is 16.0 Å². The number of allylic oxidation sites excluding steroid dienone is 2. The lowest BCUT2D eigenvalue weighted by Crippen LogP contribution is -2.60. The zero-order chi connectivity index (χ0) is 45.4. The number of esters is 1. The first kappa shape index (κ1) is 47.1. The Hall–Kier alpha value is -2.94. The number of carbonyl (C=O) groups excluding carboxylic acids is 1. The standard InChI is InChI=1S/C50H71N5O8S2/c1-31(56)62-41-23-36(57)12-17-50-16-11-33-5-3-15-48(27-37(13-18-53-48)63-42-22-34(21-38(33)41)39(45(60)61)24-40(42)58)29-52-19-20-64-65-30-49(55-46(51)54-43(50)7-2-8-44(50)59)26-32-9-10-35-6-4-14-47(35,25-32)28-49/h2,7,9-10,22,24,32-33,35-38,41,43-45,52-53,57-61H,3-6,8,12-15,17-21,23,25-30H2,1H3,(H3,51,54,55)/t32-,33-,35-,36+,37+,38+,41+,43-,44-,47+,48-,49+,50+/m1/s1. The molecular weight excluding hydrogens is 863 g/mol. The van der Waals surface area contributed by atoms with Gasteiger partial charge in [-0.25, -0.2) is 4.99 Å². The molecule has 9 rings (SSSR count). The molecule has 8 aliphatic rings. The van der Waals surface area contributed by atoms with Crippen LogP contribution in [-0.4, -0.2) is 110 Å². The van der Waals surface area contributed by atoms with Gasteiger partial charge in [0.1, 0.15) is 12.2 Å². The van der Waals surface area contributed by atoms with Crippen LogP contribution < -0.4 is 26.4 Å². The minimum absolute atomic E-state index is 0.119. The molecular formula is C50H71N5O8S2.